The molecular formula is C30H32N4O4. The fourth-order valence-electron chi connectivity index (χ4n) is 5.53. The number of ether oxygens (including phenoxy) is 2. The molecule has 8 heteroatoms. The molecule has 2 amide bonds. The number of nitrogens with zero attached hydrogens (tertiary/aromatic N) is 4. The molecule has 0 radical (unpaired) electrons. The Labute approximate surface area is 222 Å². The van der Waals surface area contributed by atoms with Gasteiger partial charge in [0.15, 0.2) is 0 Å². The number of anilines is 1. The minimum atomic E-state index is -0.232. The molecular weight excluding hydrogens is 480 g/mol. The number of amides is 2. The summed E-state index contributed by atoms with van der Waals surface area (Å²) in [6.45, 7) is 5.41. The van der Waals surface area contributed by atoms with Gasteiger partial charge in [-0.15, -0.1) is 0 Å². The fraction of sp³-hybridized carbons (Fsp3) is 0.400. The van der Waals surface area contributed by atoms with Gasteiger partial charge in [0.25, 0.3) is 5.91 Å². The van der Waals surface area contributed by atoms with Crippen LogP contribution in [0.1, 0.15) is 41.3 Å². The summed E-state index contributed by atoms with van der Waals surface area (Å²) in [6.07, 6.45) is 10.3. The van der Waals surface area contributed by atoms with E-state index in [4.69, 9.17) is 14.5 Å². The number of carbonyl (C=O) groups excluding carboxylic acids is 2. The number of aryl methyl sites for hydroxylation is 1. The number of benzene rings is 2. The zero-order valence-electron chi connectivity index (χ0n) is 21.6. The van der Waals surface area contributed by atoms with Gasteiger partial charge in [-0.25, -0.2) is 4.99 Å². The van der Waals surface area contributed by atoms with Gasteiger partial charge in [0.1, 0.15) is 18.5 Å². The summed E-state index contributed by atoms with van der Waals surface area (Å²) in [5.41, 5.74) is 3.82. The minimum Gasteiger partial charge on any atom is -0.491 e. The average Bonchev–Trinajstić information content (AvgIpc) is 3.07. The average molecular weight is 513 g/mol. The monoisotopic (exact) mass is 512 g/mol. The van der Waals surface area contributed by atoms with Crippen molar-refractivity contribution in [1.29, 1.82) is 0 Å². The van der Waals surface area contributed by atoms with Crippen LogP contribution in [0.5, 0.6) is 5.75 Å². The van der Waals surface area contributed by atoms with Crippen molar-refractivity contribution in [3.63, 3.8) is 0 Å². The van der Waals surface area contributed by atoms with E-state index in [2.05, 4.69) is 28.1 Å². The standard InChI is InChI=1S/C30H32N4O4/c1-20-14-28(35)32-26-16-23-15-22(29(26)31-20)6-3-2-4-10-33-11-5-7-21-8-9-24(17-27(21)33)38-19-25-18-34(30(23)36)12-13-37-25/h2-4,6,8-9,15-17,20,25H,5,7,10-14,18-19H2,1H3/b4-2-,6-3+/t20-,25+/m1/s1. The summed E-state index contributed by atoms with van der Waals surface area (Å²) in [4.78, 5) is 39.3. The van der Waals surface area contributed by atoms with Gasteiger partial charge in [-0.3, -0.25) is 14.6 Å². The SMILES string of the molecule is C[C@@H]1CC(=O)N=c2cc3cc(c2=N1)/C=C/C=C\CN1CCCc2ccc(cc21)OC[C@@H]1CN(CCO1)C3=O. The lowest BCUT2D eigenvalue weighted by Crippen LogP contribution is -2.48. The molecule has 2 aromatic rings. The molecule has 1 saturated heterocycles. The largest absolute Gasteiger partial charge is 0.491 e. The summed E-state index contributed by atoms with van der Waals surface area (Å²) in [5, 5.41) is 1.11. The third-order valence-electron chi connectivity index (χ3n) is 7.41. The molecule has 1 fully saturated rings. The highest BCUT2D eigenvalue weighted by Gasteiger charge is 2.27. The zero-order valence-corrected chi connectivity index (χ0v) is 21.6. The third kappa shape index (κ3) is 5.13. The van der Waals surface area contributed by atoms with Crippen molar-refractivity contribution in [2.45, 2.75) is 38.3 Å². The van der Waals surface area contributed by atoms with Crippen molar-refractivity contribution >= 4 is 23.6 Å². The molecule has 4 heterocycles. The van der Waals surface area contributed by atoms with E-state index in [0.29, 0.717) is 42.6 Å². The molecule has 196 valence electrons. The first kappa shape index (κ1) is 24.6. The topological polar surface area (TPSA) is 83.8 Å². The van der Waals surface area contributed by atoms with Gasteiger partial charge >= 0.3 is 0 Å². The van der Waals surface area contributed by atoms with E-state index < -0.39 is 0 Å². The van der Waals surface area contributed by atoms with Crippen molar-refractivity contribution < 1.29 is 19.1 Å². The van der Waals surface area contributed by atoms with E-state index in [0.717, 1.165) is 37.2 Å². The molecule has 0 N–H and O–H groups in total. The van der Waals surface area contributed by atoms with Crippen molar-refractivity contribution in [2.24, 2.45) is 9.98 Å². The van der Waals surface area contributed by atoms with Crippen LogP contribution < -0.4 is 20.4 Å². The third-order valence-corrected chi connectivity index (χ3v) is 7.41. The van der Waals surface area contributed by atoms with Crippen LogP contribution >= 0.6 is 0 Å². The number of morpholine rings is 1. The number of fused-ring (bicyclic) bond motifs is 7. The van der Waals surface area contributed by atoms with Crippen LogP contribution in [0, 0.1) is 0 Å². The van der Waals surface area contributed by atoms with Gasteiger partial charge < -0.3 is 19.3 Å². The summed E-state index contributed by atoms with van der Waals surface area (Å²) in [6, 6.07) is 9.70. The number of rotatable bonds is 0. The predicted octanol–water partition coefficient (Wildman–Crippen LogP) is 2.50. The van der Waals surface area contributed by atoms with Crippen LogP contribution in [0.25, 0.3) is 6.08 Å². The normalized spacial score (nSPS) is 25.0. The minimum absolute atomic E-state index is 0.114. The molecule has 0 saturated carbocycles. The van der Waals surface area contributed by atoms with E-state index in [1.807, 2.05) is 37.3 Å². The Balaban J connectivity index is 1.42. The van der Waals surface area contributed by atoms with Crippen molar-refractivity contribution in [2.75, 3.05) is 44.3 Å². The van der Waals surface area contributed by atoms with E-state index >= 15 is 0 Å². The zero-order chi connectivity index (χ0) is 26.1. The van der Waals surface area contributed by atoms with Crippen LogP contribution in [0.4, 0.5) is 5.69 Å². The Hall–Kier alpha value is -3.78. The fourth-order valence-corrected chi connectivity index (χ4v) is 5.53. The maximum Gasteiger partial charge on any atom is 0.254 e. The predicted molar refractivity (Wildman–Crippen MR) is 144 cm³/mol. The van der Waals surface area contributed by atoms with E-state index in [9.17, 15) is 9.59 Å². The molecule has 6 bridgehead atoms. The first-order chi connectivity index (χ1) is 18.5. The number of allylic oxidation sites excluding steroid dienone is 2. The maximum atomic E-state index is 13.6. The van der Waals surface area contributed by atoms with E-state index in [1.165, 1.54) is 11.3 Å². The van der Waals surface area contributed by atoms with Crippen molar-refractivity contribution in [3.8, 4) is 5.75 Å². The quantitative estimate of drug-likeness (QED) is 0.542. The summed E-state index contributed by atoms with van der Waals surface area (Å²) < 4.78 is 12.1. The second kappa shape index (κ2) is 10.5. The Kier molecular flexibility index (Phi) is 6.81. The second-order valence-electron chi connectivity index (χ2n) is 10.3. The molecule has 4 aliphatic rings. The molecule has 0 unspecified atom stereocenters. The lowest BCUT2D eigenvalue weighted by molar-refractivity contribution is -0.118. The lowest BCUT2D eigenvalue weighted by atomic mass is 10.0. The Bertz CT molecular complexity index is 1450. The number of hydrogen-bond acceptors (Lipinski definition) is 6. The highest BCUT2D eigenvalue weighted by atomic mass is 16.5. The first-order valence-electron chi connectivity index (χ1n) is 13.4. The molecule has 4 aliphatic heterocycles. The Morgan fingerprint density at radius 1 is 1.05 bits per heavy atom. The second-order valence-corrected chi connectivity index (χ2v) is 10.3. The van der Waals surface area contributed by atoms with E-state index in [-0.39, 0.29) is 30.4 Å². The van der Waals surface area contributed by atoms with Gasteiger partial charge in [0.05, 0.1) is 36.3 Å². The number of hydrogen-bond donors (Lipinski definition) is 0. The summed E-state index contributed by atoms with van der Waals surface area (Å²) in [7, 11) is 0. The summed E-state index contributed by atoms with van der Waals surface area (Å²) >= 11 is 0. The Morgan fingerprint density at radius 2 is 1.97 bits per heavy atom. The van der Waals surface area contributed by atoms with Crippen LogP contribution in [0.2, 0.25) is 0 Å². The molecule has 6 rings (SSSR count). The molecule has 8 nitrogen and oxygen atoms in total. The van der Waals surface area contributed by atoms with Crippen LogP contribution in [0.15, 0.2) is 58.5 Å². The van der Waals surface area contributed by atoms with Gasteiger partial charge in [0, 0.05) is 42.5 Å². The molecule has 0 aliphatic carbocycles. The smallest absolute Gasteiger partial charge is 0.254 e. The molecule has 0 aromatic heterocycles. The molecule has 2 aromatic carbocycles. The van der Waals surface area contributed by atoms with Crippen molar-refractivity contribution in [1.82, 2.24) is 4.90 Å². The first-order valence-corrected chi connectivity index (χ1v) is 13.4. The van der Waals surface area contributed by atoms with Crippen molar-refractivity contribution in [3.05, 3.63) is 76.0 Å². The van der Waals surface area contributed by atoms with Gasteiger partial charge in [0.2, 0.25) is 5.91 Å². The molecule has 0 spiro atoms. The van der Waals surface area contributed by atoms with Crippen LogP contribution in [-0.2, 0) is 16.0 Å². The highest BCUT2D eigenvalue weighted by molar-refractivity contribution is 5.95. The van der Waals surface area contributed by atoms with Gasteiger partial charge in [-0.2, -0.15) is 0 Å². The van der Waals surface area contributed by atoms with Crippen LogP contribution in [-0.4, -0.2) is 68.3 Å². The summed E-state index contributed by atoms with van der Waals surface area (Å²) in [5.74, 6) is 0.477. The maximum absolute atomic E-state index is 13.6. The number of carbonyl (C=O) groups is 2. The molecule has 2 atom stereocenters. The highest BCUT2D eigenvalue weighted by Crippen LogP contribution is 2.31. The van der Waals surface area contributed by atoms with Gasteiger partial charge in [-0.1, -0.05) is 30.4 Å². The van der Waals surface area contributed by atoms with Gasteiger partial charge in [-0.05, 0) is 43.5 Å². The van der Waals surface area contributed by atoms with E-state index in [1.54, 1.807) is 11.0 Å². The van der Waals surface area contributed by atoms with Crippen LogP contribution in [0.3, 0.4) is 0 Å². The Morgan fingerprint density at radius 3 is 2.89 bits per heavy atom. The lowest BCUT2D eigenvalue weighted by Gasteiger charge is -2.33. The molecule has 38 heavy (non-hydrogen) atoms.